The predicted molar refractivity (Wildman–Crippen MR) is 91.5 cm³/mol. The van der Waals surface area contributed by atoms with Crippen molar-refractivity contribution in [3.05, 3.63) is 30.3 Å². The molecule has 1 unspecified atom stereocenters. The Morgan fingerprint density at radius 3 is 2.33 bits per heavy atom. The van der Waals surface area contributed by atoms with Crippen molar-refractivity contribution in [3.63, 3.8) is 0 Å². The van der Waals surface area contributed by atoms with Gasteiger partial charge in [0.2, 0.25) is 11.8 Å². The number of amides is 2. The summed E-state index contributed by atoms with van der Waals surface area (Å²) in [5.74, 6) is 0.268. The molecule has 2 N–H and O–H groups in total. The van der Waals surface area contributed by atoms with E-state index in [-0.39, 0.29) is 17.9 Å². The van der Waals surface area contributed by atoms with Crippen LogP contribution in [0.4, 0.5) is 5.69 Å². The van der Waals surface area contributed by atoms with E-state index in [1.807, 2.05) is 40.1 Å². The lowest BCUT2D eigenvalue weighted by molar-refractivity contribution is -0.136. The summed E-state index contributed by atoms with van der Waals surface area (Å²) in [4.78, 5) is 31.1. The van der Waals surface area contributed by atoms with Crippen LogP contribution in [0.15, 0.2) is 30.3 Å². The highest BCUT2D eigenvalue weighted by Gasteiger charge is 2.49. The highest BCUT2D eigenvalue weighted by atomic mass is 16.2. The van der Waals surface area contributed by atoms with Crippen LogP contribution in [0.3, 0.4) is 0 Å². The monoisotopic (exact) mass is 328 g/mol. The van der Waals surface area contributed by atoms with Crippen LogP contribution in [0.1, 0.15) is 19.3 Å². The van der Waals surface area contributed by atoms with E-state index in [4.69, 9.17) is 5.73 Å². The number of carbonyl (C=O) groups is 2. The number of nitrogens with zero attached hydrogens (tertiary/aromatic N) is 3. The molecule has 3 fully saturated rings. The SMILES string of the molecule is NC1(C(=O)N2CCN(C3CCN(c4ccccc4)C3=O)CC2)CC1. The van der Waals surface area contributed by atoms with E-state index in [2.05, 4.69) is 4.90 Å². The topological polar surface area (TPSA) is 69.9 Å². The Morgan fingerprint density at radius 2 is 1.71 bits per heavy atom. The number of piperazine rings is 1. The molecule has 2 aliphatic heterocycles. The Labute approximate surface area is 142 Å². The van der Waals surface area contributed by atoms with Gasteiger partial charge in [0, 0.05) is 38.4 Å². The highest BCUT2D eigenvalue weighted by molar-refractivity contribution is 5.99. The Bertz CT molecular complexity index is 636. The van der Waals surface area contributed by atoms with Crippen molar-refractivity contribution in [3.8, 4) is 0 Å². The zero-order chi connectivity index (χ0) is 16.7. The van der Waals surface area contributed by atoms with Gasteiger partial charge in [-0.3, -0.25) is 14.5 Å². The van der Waals surface area contributed by atoms with Crippen molar-refractivity contribution in [1.29, 1.82) is 0 Å². The van der Waals surface area contributed by atoms with E-state index in [0.29, 0.717) is 13.1 Å². The van der Waals surface area contributed by atoms with Gasteiger partial charge in [-0.2, -0.15) is 0 Å². The van der Waals surface area contributed by atoms with Gasteiger partial charge < -0.3 is 15.5 Å². The van der Waals surface area contributed by atoms with E-state index < -0.39 is 5.54 Å². The van der Waals surface area contributed by atoms with Crippen molar-refractivity contribution in [2.24, 2.45) is 5.73 Å². The molecule has 128 valence electrons. The average molecular weight is 328 g/mol. The molecule has 3 aliphatic rings. The molecule has 6 heteroatoms. The van der Waals surface area contributed by atoms with Crippen LogP contribution < -0.4 is 10.6 Å². The maximum absolute atomic E-state index is 12.8. The smallest absolute Gasteiger partial charge is 0.244 e. The molecule has 2 heterocycles. The van der Waals surface area contributed by atoms with Crippen LogP contribution in [-0.2, 0) is 9.59 Å². The first kappa shape index (κ1) is 15.6. The fraction of sp³-hybridized carbons (Fsp3) is 0.556. The number of hydrogen-bond acceptors (Lipinski definition) is 4. The van der Waals surface area contributed by atoms with E-state index >= 15 is 0 Å². The molecule has 24 heavy (non-hydrogen) atoms. The third-order valence-corrected chi connectivity index (χ3v) is 5.50. The number of anilines is 1. The number of nitrogens with two attached hydrogens (primary N) is 1. The van der Waals surface area contributed by atoms with E-state index in [1.165, 1.54) is 0 Å². The molecule has 2 saturated heterocycles. The summed E-state index contributed by atoms with van der Waals surface area (Å²) in [6.45, 7) is 3.61. The van der Waals surface area contributed by atoms with Crippen LogP contribution in [-0.4, -0.2) is 65.9 Å². The molecule has 0 bridgehead atoms. The van der Waals surface area contributed by atoms with Gasteiger partial charge in [0.25, 0.3) is 0 Å². The number of para-hydroxylation sites is 1. The van der Waals surface area contributed by atoms with Gasteiger partial charge in [-0.25, -0.2) is 0 Å². The normalized spacial score (nSPS) is 26.7. The maximum Gasteiger partial charge on any atom is 0.244 e. The van der Waals surface area contributed by atoms with E-state index in [1.54, 1.807) is 0 Å². The van der Waals surface area contributed by atoms with Crippen LogP contribution >= 0.6 is 0 Å². The van der Waals surface area contributed by atoms with Crippen LogP contribution in [0.25, 0.3) is 0 Å². The summed E-state index contributed by atoms with van der Waals surface area (Å²) in [5.41, 5.74) is 6.40. The summed E-state index contributed by atoms with van der Waals surface area (Å²) < 4.78 is 0. The molecule has 6 nitrogen and oxygen atoms in total. The predicted octanol–water partition coefficient (Wildman–Crippen LogP) is 0.427. The lowest BCUT2D eigenvalue weighted by Crippen LogP contribution is -2.57. The second-order valence-electron chi connectivity index (χ2n) is 7.11. The van der Waals surface area contributed by atoms with Gasteiger partial charge in [0.05, 0.1) is 11.6 Å². The molecule has 4 rings (SSSR count). The Morgan fingerprint density at radius 1 is 1.04 bits per heavy atom. The largest absolute Gasteiger partial charge is 0.339 e. The van der Waals surface area contributed by atoms with Crippen molar-refractivity contribution in [2.75, 3.05) is 37.6 Å². The zero-order valence-corrected chi connectivity index (χ0v) is 13.9. The van der Waals surface area contributed by atoms with Crippen LogP contribution in [0, 0.1) is 0 Å². The number of carbonyl (C=O) groups excluding carboxylic acids is 2. The fourth-order valence-electron chi connectivity index (χ4n) is 3.77. The maximum atomic E-state index is 12.8. The summed E-state index contributed by atoms with van der Waals surface area (Å²) in [6.07, 6.45) is 2.46. The van der Waals surface area contributed by atoms with Crippen LogP contribution in [0.2, 0.25) is 0 Å². The molecule has 1 saturated carbocycles. The van der Waals surface area contributed by atoms with Gasteiger partial charge in [0.1, 0.15) is 0 Å². The minimum Gasteiger partial charge on any atom is -0.339 e. The average Bonchev–Trinajstić information content (AvgIpc) is 3.26. The first-order valence-corrected chi connectivity index (χ1v) is 8.77. The highest BCUT2D eigenvalue weighted by Crippen LogP contribution is 2.34. The molecule has 0 spiro atoms. The molecule has 1 aliphatic carbocycles. The zero-order valence-electron chi connectivity index (χ0n) is 13.9. The van der Waals surface area contributed by atoms with Gasteiger partial charge >= 0.3 is 0 Å². The van der Waals surface area contributed by atoms with E-state index in [0.717, 1.165) is 44.6 Å². The number of rotatable bonds is 3. The summed E-state index contributed by atoms with van der Waals surface area (Å²) in [6, 6.07) is 9.78. The quantitative estimate of drug-likeness (QED) is 0.873. The standard InChI is InChI=1S/C18H24N4O2/c19-18(7-8-18)17(24)21-12-10-20(11-13-21)15-6-9-22(16(15)23)14-4-2-1-3-5-14/h1-5,15H,6-13,19H2. The molecular formula is C18H24N4O2. The second kappa shape index (κ2) is 5.86. The lowest BCUT2D eigenvalue weighted by atomic mass is 10.1. The minimum atomic E-state index is -0.588. The summed E-state index contributed by atoms with van der Waals surface area (Å²) >= 11 is 0. The molecule has 0 aromatic heterocycles. The van der Waals surface area contributed by atoms with Crippen molar-refractivity contribution in [2.45, 2.75) is 30.8 Å². The summed E-state index contributed by atoms with van der Waals surface area (Å²) in [5, 5.41) is 0. The molecule has 1 atom stereocenters. The van der Waals surface area contributed by atoms with Gasteiger partial charge in [-0.1, -0.05) is 18.2 Å². The van der Waals surface area contributed by atoms with Gasteiger partial charge in [-0.15, -0.1) is 0 Å². The lowest BCUT2D eigenvalue weighted by Gasteiger charge is -2.38. The Kier molecular flexibility index (Phi) is 3.81. The molecule has 0 radical (unpaired) electrons. The number of hydrogen-bond donors (Lipinski definition) is 1. The van der Waals surface area contributed by atoms with Gasteiger partial charge in [-0.05, 0) is 31.4 Å². The second-order valence-corrected chi connectivity index (χ2v) is 7.11. The third kappa shape index (κ3) is 2.70. The summed E-state index contributed by atoms with van der Waals surface area (Å²) in [7, 11) is 0. The first-order valence-electron chi connectivity index (χ1n) is 8.77. The van der Waals surface area contributed by atoms with Crippen molar-refractivity contribution < 1.29 is 9.59 Å². The third-order valence-electron chi connectivity index (χ3n) is 5.50. The first-order chi connectivity index (χ1) is 11.6. The minimum absolute atomic E-state index is 0.0600. The fourth-order valence-corrected chi connectivity index (χ4v) is 3.77. The van der Waals surface area contributed by atoms with Gasteiger partial charge in [0.15, 0.2) is 0 Å². The Hall–Kier alpha value is -1.92. The van der Waals surface area contributed by atoms with Crippen molar-refractivity contribution in [1.82, 2.24) is 9.80 Å². The molecule has 1 aromatic carbocycles. The number of benzene rings is 1. The molecule has 1 aromatic rings. The van der Waals surface area contributed by atoms with E-state index in [9.17, 15) is 9.59 Å². The molecule has 2 amide bonds. The molecular weight excluding hydrogens is 304 g/mol. The Balaban J connectivity index is 1.36. The van der Waals surface area contributed by atoms with Crippen LogP contribution in [0.5, 0.6) is 0 Å². The van der Waals surface area contributed by atoms with Crippen molar-refractivity contribution >= 4 is 17.5 Å².